The standard InChI is InChI=1S/C15H18N2O2/c1-19-14-7-2-4-11(8-14)15-16-9-12-5-3-6-13(10-18)17(12)15/h2,4,7-9,13,18H,3,5-6,10H2,1H3. The number of fused-ring (bicyclic) bond motifs is 1. The van der Waals surface area contributed by atoms with E-state index in [9.17, 15) is 5.11 Å². The molecule has 0 bridgehead atoms. The number of imidazole rings is 1. The van der Waals surface area contributed by atoms with Crippen molar-refractivity contribution in [3.63, 3.8) is 0 Å². The molecule has 0 aliphatic carbocycles. The van der Waals surface area contributed by atoms with E-state index in [0.717, 1.165) is 36.4 Å². The van der Waals surface area contributed by atoms with Gasteiger partial charge in [-0.15, -0.1) is 0 Å². The molecule has 0 saturated carbocycles. The van der Waals surface area contributed by atoms with Crippen LogP contribution in [0.15, 0.2) is 30.5 Å². The molecule has 0 radical (unpaired) electrons. The highest BCUT2D eigenvalue weighted by Crippen LogP contribution is 2.32. The summed E-state index contributed by atoms with van der Waals surface area (Å²) in [6.07, 6.45) is 5.09. The quantitative estimate of drug-likeness (QED) is 0.919. The molecule has 2 heterocycles. The Morgan fingerprint density at radius 3 is 3.16 bits per heavy atom. The number of hydrogen-bond acceptors (Lipinski definition) is 3. The molecular formula is C15H18N2O2. The molecule has 0 fully saturated rings. The Labute approximate surface area is 112 Å². The van der Waals surface area contributed by atoms with Crippen LogP contribution in [0.5, 0.6) is 5.75 Å². The maximum absolute atomic E-state index is 9.55. The van der Waals surface area contributed by atoms with E-state index < -0.39 is 0 Å². The Hall–Kier alpha value is -1.81. The van der Waals surface area contributed by atoms with E-state index in [1.165, 1.54) is 5.69 Å². The van der Waals surface area contributed by atoms with Gasteiger partial charge < -0.3 is 14.4 Å². The van der Waals surface area contributed by atoms with E-state index in [2.05, 4.69) is 9.55 Å². The predicted molar refractivity (Wildman–Crippen MR) is 73.3 cm³/mol. The van der Waals surface area contributed by atoms with Crippen molar-refractivity contribution in [1.82, 2.24) is 9.55 Å². The second-order valence-corrected chi connectivity index (χ2v) is 4.90. The minimum Gasteiger partial charge on any atom is -0.497 e. The lowest BCUT2D eigenvalue weighted by atomic mass is 10.0. The monoisotopic (exact) mass is 258 g/mol. The maximum atomic E-state index is 9.55. The number of hydrogen-bond donors (Lipinski definition) is 1. The van der Waals surface area contributed by atoms with Crippen LogP contribution < -0.4 is 4.74 Å². The number of methoxy groups -OCH3 is 1. The Morgan fingerprint density at radius 2 is 2.37 bits per heavy atom. The van der Waals surface area contributed by atoms with Crippen LogP contribution in [0.2, 0.25) is 0 Å². The second-order valence-electron chi connectivity index (χ2n) is 4.90. The number of aliphatic hydroxyl groups excluding tert-OH is 1. The summed E-state index contributed by atoms with van der Waals surface area (Å²) in [6.45, 7) is 0.167. The molecule has 0 amide bonds. The molecule has 1 aliphatic rings. The van der Waals surface area contributed by atoms with Gasteiger partial charge in [-0.1, -0.05) is 12.1 Å². The second kappa shape index (κ2) is 5.05. The maximum Gasteiger partial charge on any atom is 0.140 e. The van der Waals surface area contributed by atoms with E-state index in [1.54, 1.807) is 7.11 Å². The predicted octanol–water partition coefficient (Wildman–Crippen LogP) is 2.43. The highest BCUT2D eigenvalue weighted by atomic mass is 16.5. The number of nitrogens with zero attached hydrogens (tertiary/aromatic N) is 2. The third-order valence-electron chi connectivity index (χ3n) is 3.75. The topological polar surface area (TPSA) is 47.3 Å². The first kappa shape index (κ1) is 12.2. The third kappa shape index (κ3) is 2.12. The molecule has 4 heteroatoms. The fourth-order valence-corrected chi connectivity index (χ4v) is 2.79. The van der Waals surface area contributed by atoms with Gasteiger partial charge in [-0.25, -0.2) is 4.98 Å². The molecule has 4 nitrogen and oxygen atoms in total. The van der Waals surface area contributed by atoms with Gasteiger partial charge >= 0.3 is 0 Å². The van der Waals surface area contributed by atoms with Gasteiger partial charge in [0.05, 0.1) is 19.8 Å². The molecule has 1 N–H and O–H groups in total. The molecule has 3 rings (SSSR count). The van der Waals surface area contributed by atoms with Crippen molar-refractivity contribution in [2.24, 2.45) is 0 Å². The number of rotatable bonds is 3. The van der Waals surface area contributed by atoms with Gasteiger partial charge in [-0.2, -0.15) is 0 Å². The fraction of sp³-hybridized carbons (Fsp3) is 0.400. The zero-order valence-corrected chi connectivity index (χ0v) is 11.0. The Bertz CT molecular complexity index is 577. The van der Waals surface area contributed by atoms with Crippen LogP contribution in [0.3, 0.4) is 0 Å². The minimum absolute atomic E-state index is 0.146. The summed E-state index contributed by atoms with van der Waals surface area (Å²) in [5, 5.41) is 9.55. The van der Waals surface area contributed by atoms with Crippen molar-refractivity contribution < 1.29 is 9.84 Å². The average molecular weight is 258 g/mol. The zero-order valence-electron chi connectivity index (χ0n) is 11.0. The lowest BCUT2D eigenvalue weighted by Crippen LogP contribution is -2.21. The Balaban J connectivity index is 2.08. The van der Waals surface area contributed by atoms with Crippen LogP contribution >= 0.6 is 0 Å². The number of aryl methyl sites for hydroxylation is 1. The number of aromatic nitrogens is 2. The highest BCUT2D eigenvalue weighted by Gasteiger charge is 2.23. The van der Waals surface area contributed by atoms with Crippen LogP contribution in [-0.4, -0.2) is 28.4 Å². The number of ether oxygens (including phenoxy) is 1. The number of benzene rings is 1. The Kier molecular flexibility index (Phi) is 3.25. The highest BCUT2D eigenvalue weighted by molar-refractivity contribution is 5.59. The summed E-state index contributed by atoms with van der Waals surface area (Å²) in [7, 11) is 1.66. The summed E-state index contributed by atoms with van der Waals surface area (Å²) in [5.74, 6) is 1.75. The smallest absolute Gasteiger partial charge is 0.140 e. The summed E-state index contributed by atoms with van der Waals surface area (Å²) >= 11 is 0. The molecule has 1 aromatic heterocycles. The molecule has 100 valence electrons. The SMILES string of the molecule is COc1cccc(-c2ncc3n2C(CO)CCC3)c1. The van der Waals surface area contributed by atoms with E-state index >= 15 is 0 Å². The van der Waals surface area contributed by atoms with E-state index in [4.69, 9.17) is 4.74 Å². The van der Waals surface area contributed by atoms with Crippen molar-refractivity contribution in [2.75, 3.05) is 13.7 Å². The van der Waals surface area contributed by atoms with Crippen molar-refractivity contribution >= 4 is 0 Å². The van der Waals surface area contributed by atoms with E-state index in [0.29, 0.717) is 0 Å². The average Bonchev–Trinajstić information content (AvgIpc) is 2.91. The van der Waals surface area contributed by atoms with Crippen molar-refractivity contribution in [1.29, 1.82) is 0 Å². The van der Waals surface area contributed by atoms with E-state index in [1.807, 2.05) is 30.5 Å². The van der Waals surface area contributed by atoms with Gasteiger partial charge in [0.25, 0.3) is 0 Å². The summed E-state index contributed by atoms with van der Waals surface area (Å²) in [4.78, 5) is 4.54. The zero-order chi connectivity index (χ0) is 13.2. The third-order valence-corrected chi connectivity index (χ3v) is 3.75. The molecular weight excluding hydrogens is 240 g/mol. The molecule has 1 aromatic carbocycles. The summed E-state index contributed by atoms with van der Waals surface area (Å²) in [5.41, 5.74) is 2.24. The van der Waals surface area contributed by atoms with Crippen molar-refractivity contribution in [3.8, 4) is 17.1 Å². The van der Waals surface area contributed by atoms with Gasteiger partial charge in [0.2, 0.25) is 0 Å². The van der Waals surface area contributed by atoms with Gasteiger partial charge in [-0.3, -0.25) is 0 Å². The summed E-state index contributed by atoms with van der Waals surface area (Å²) < 4.78 is 7.44. The largest absolute Gasteiger partial charge is 0.497 e. The van der Waals surface area contributed by atoms with Crippen LogP contribution in [0.4, 0.5) is 0 Å². The van der Waals surface area contributed by atoms with E-state index in [-0.39, 0.29) is 12.6 Å². The molecule has 1 unspecified atom stereocenters. The van der Waals surface area contributed by atoms with Crippen LogP contribution in [-0.2, 0) is 6.42 Å². The summed E-state index contributed by atoms with van der Waals surface area (Å²) in [6, 6.07) is 8.05. The molecule has 19 heavy (non-hydrogen) atoms. The Morgan fingerprint density at radius 1 is 1.47 bits per heavy atom. The van der Waals surface area contributed by atoms with Gasteiger partial charge in [0, 0.05) is 17.5 Å². The first-order chi connectivity index (χ1) is 9.33. The molecule has 0 saturated heterocycles. The first-order valence-electron chi connectivity index (χ1n) is 6.65. The van der Waals surface area contributed by atoms with Gasteiger partial charge in [0.1, 0.15) is 11.6 Å². The first-order valence-corrected chi connectivity index (χ1v) is 6.65. The molecule has 2 aromatic rings. The van der Waals surface area contributed by atoms with Crippen molar-refractivity contribution in [2.45, 2.75) is 25.3 Å². The van der Waals surface area contributed by atoms with Gasteiger partial charge in [-0.05, 0) is 31.4 Å². The number of aliphatic hydroxyl groups is 1. The van der Waals surface area contributed by atoms with Crippen LogP contribution in [0.1, 0.15) is 24.6 Å². The minimum atomic E-state index is 0.146. The van der Waals surface area contributed by atoms with Crippen molar-refractivity contribution in [3.05, 3.63) is 36.2 Å². The molecule has 1 atom stereocenters. The molecule has 1 aliphatic heterocycles. The van der Waals surface area contributed by atoms with Gasteiger partial charge in [0.15, 0.2) is 0 Å². The fourth-order valence-electron chi connectivity index (χ4n) is 2.79. The normalized spacial score (nSPS) is 18.1. The molecule has 0 spiro atoms. The van der Waals surface area contributed by atoms with Crippen LogP contribution in [0, 0.1) is 0 Å². The lowest BCUT2D eigenvalue weighted by molar-refractivity contribution is 0.208. The lowest BCUT2D eigenvalue weighted by Gasteiger charge is -2.25. The van der Waals surface area contributed by atoms with Crippen LogP contribution in [0.25, 0.3) is 11.4 Å².